The Morgan fingerprint density at radius 3 is 1.61 bits per heavy atom. The molecular formula is C64H48N2O. The largest absolute Gasteiger partial charge is 0.392 e. The number of benzene rings is 8. The van der Waals surface area contributed by atoms with Gasteiger partial charge in [0.2, 0.25) is 0 Å². The van der Waals surface area contributed by atoms with Crippen molar-refractivity contribution < 1.29 is 5.11 Å². The first-order valence-corrected chi connectivity index (χ1v) is 23.0. The van der Waals surface area contributed by atoms with E-state index in [1.807, 2.05) is 18.2 Å². The highest BCUT2D eigenvalue weighted by atomic mass is 16.3. The number of nitrogens with one attached hydrogen (secondary N) is 1. The van der Waals surface area contributed by atoms with Gasteiger partial charge in [-0.15, -0.1) is 0 Å². The van der Waals surface area contributed by atoms with E-state index in [1.165, 1.54) is 27.8 Å². The van der Waals surface area contributed by atoms with Crippen LogP contribution >= 0.6 is 0 Å². The zero-order chi connectivity index (χ0) is 44.9. The second-order valence-electron chi connectivity index (χ2n) is 17.1. The fourth-order valence-corrected chi connectivity index (χ4v) is 9.92. The molecule has 0 saturated carbocycles. The molecule has 8 aromatic carbocycles. The van der Waals surface area contributed by atoms with Gasteiger partial charge in [-0.25, -0.2) is 0 Å². The number of aromatic amines is 1. The standard InChI is InChI=1S/C64H48N2O/c67-43-50-33-19-20-34-53(50)64(60-37-35-58(65-60)62-54(46-25-11-3-12-26-46)39-51(44-21-7-1-8-22-44)40-55(62)47-27-13-4-14-28-47)61-38-36-59(66-61)63-56(48-29-15-5-16-30-48)41-52(45-23-9-2-10-24-45)42-57(63)49-31-17-6-18-32-49/h1-42,54,62,66-67H,43H2/b64-60-/t54?,62-/m0/s1. The third-order valence-electron chi connectivity index (χ3n) is 13.1. The van der Waals surface area contributed by atoms with E-state index in [1.54, 1.807) is 0 Å². The normalized spacial score (nSPS) is 16.3. The molecule has 0 amide bonds. The summed E-state index contributed by atoms with van der Waals surface area (Å²) in [6.07, 6.45) is 9.17. The minimum Gasteiger partial charge on any atom is -0.392 e. The lowest BCUT2D eigenvalue weighted by Crippen LogP contribution is -2.24. The molecule has 0 saturated heterocycles. The van der Waals surface area contributed by atoms with E-state index < -0.39 is 0 Å². The summed E-state index contributed by atoms with van der Waals surface area (Å²) in [7, 11) is 0. The van der Waals surface area contributed by atoms with Crippen molar-refractivity contribution >= 4 is 22.4 Å². The molecule has 2 aliphatic rings. The maximum Gasteiger partial charge on any atom is 0.0733 e. The molecule has 3 heteroatoms. The summed E-state index contributed by atoms with van der Waals surface area (Å²) in [4.78, 5) is 9.62. The van der Waals surface area contributed by atoms with E-state index in [0.29, 0.717) is 0 Å². The monoisotopic (exact) mass is 860 g/mol. The second-order valence-corrected chi connectivity index (χ2v) is 17.1. The first kappa shape index (κ1) is 41.3. The molecule has 0 radical (unpaired) electrons. The van der Waals surface area contributed by atoms with Gasteiger partial charge in [0, 0.05) is 40.1 Å². The maximum atomic E-state index is 10.9. The Balaban J connectivity index is 1.11. The number of rotatable bonds is 11. The van der Waals surface area contributed by atoms with Crippen molar-refractivity contribution in [1.29, 1.82) is 0 Å². The molecule has 2 heterocycles. The van der Waals surface area contributed by atoms with Crippen molar-refractivity contribution in [2.24, 2.45) is 10.9 Å². The Hall–Kier alpha value is -8.37. The molecule has 320 valence electrons. The zero-order valence-corrected chi connectivity index (χ0v) is 37.0. The van der Waals surface area contributed by atoms with E-state index in [4.69, 9.17) is 4.99 Å². The van der Waals surface area contributed by atoms with Gasteiger partial charge in [-0.3, -0.25) is 4.99 Å². The van der Waals surface area contributed by atoms with Crippen LogP contribution in [0.5, 0.6) is 0 Å². The van der Waals surface area contributed by atoms with E-state index in [2.05, 4.69) is 242 Å². The van der Waals surface area contributed by atoms with Crippen molar-refractivity contribution in [3.63, 3.8) is 0 Å². The highest BCUT2D eigenvalue weighted by molar-refractivity contribution is 6.11. The summed E-state index contributed by atoms with van der Waals surface area (Å²) in [5.41, 5.74) is 20.4. The molecule has 1 aliphatic carbocycles. The fourth-order valence-electron chi connectivity index (χ4n) is 9.92. The number of nitrogens with zero attached hydrogens (tertiary/aromatic N) is 1. The van der Waals surface area contributed by atoms with Gasteiger partial charge in [0.25, 0.3) is 0 Å². The van der Waals surface area contributed by atoms with E-state index in [9.17, 15) is 5.11 Å². The molecule has 9 aromatic rings. The number of hydrogen-bond donors (Lipinski definition) is 2. The quantitative estimate of drug-likeness (QED) is 0.134. The molecule has 2 atom stereocenters. The van der Waals surface area contributed by atoms with Crippen LogP contribution in [0.4, 0.5) is 0 Å². The lowest BCUT2D eigenvalue weighted by Gasteiger charge is -2.32. The molecule has 2 N–H and O–H groups in total. The summed E-state index contributed by atoms with van der Waals surface area (Å²) in [6.45, 7) is -0.106. The van der Waals surface area contributed by atoms with Crippen LogP contribution in [-0.4, -0.2) is 15.8 Å². The third-order valence-corrected chi connectivity index (χ3v) is 13.1. The highest BCUT2D eigenvalue weighted by Crippen LogP contribution is 2.47. The summed E-state index contributed by atoms with van der Waals surface area (Å²) >= 11 is 0. The van der Waals surface area contributed by atoms with Crippen molar-refractivity contribution in [2.45, 2.75) is 12.5 Å². The predicted molar refractivity (Wildman–Crippen MR) is 279 cm³/mol. The molecule has 0 spiro atoms. The minimum absolute atomic E-state index is 0.0105. The number of aliphatic hydroxyl groups is 1. The van der Waals surface area contributed by atoms with Crippen LogP contribution in [0.1, 0.15) is 39.4 Å². The zero-order valence-electron chi connectivity index (χ0n) is 37.0. The van der Waals surface area contributed by atoms with Gasteiger partial charge < -0.3 is 10.1 Å². The Morgan fingerprint density at radius 1 is 0.493 bits per heavy atom. The first-order chi connectivity index (χ1) is 33.2. The van der Waals surface area contributed by atoms with Crippen LogP contribution in [0.2, 0.25) is 0 Å². The van der Waals surface area contributed by atoms with Gasteiger partial charge in [-0.05, 0) is 109 Å². The Kier molecular flexibility index (Phi) is 11.5. The van der Waals surface area contributed by atoms with Gasteiger partial charge in [-0.1, -0.05) is 218 Å². The molecule has 0 fully saturated rings. The summed E-state index contributed by atoms with van der Waals surface area (Å²) in [6, 6.07) is 81.4. The van der Waals surface area contributed by atoms with Crippen molar-refractivity contribution in [3.05, 3.63) is 294 Å². The molecule has 11 rings (SSSR count). The number of H-pyrrole nitrogens is 1. The van der Waals surface area contributed by atoms with Crippen molar-refractivity contribution in [2.75, 3.05) is 0 Å². The molecule has 0 bridgehead atoms. The van der Waals surface area contributed by atoms with Gasteiger partial charge in [0.05, 0.1) is 12.3 Å². The minimum atomic E-state index is -0.106. The lowest BCUT2D eigenvalue weighted by atomic mass is 9.71. The predicted octanol–water partition coefficient (Wildman–Crippen LogP) is 15.5. The van der Waals surface area contributed by atoms with Crippen LogP contribution in [0.15, 0.2) is 266 Å². The third kappa shape index (κ3) is 8.30. The number of allylic oxidation sites excluding steroid dienone is 6. The highest BCUT2D eigenvalue weighted by Gasteiger charge is 2.35. The molecule has 3 nitrogen and oxygen atoms in total. The lowest BCUT2D eigenvalue weighted by molar-refractivity contribution is 0.281. The van der Waals surface area contributed by atoms with Crippen LogP contribution in [-0.2, 0) is 6.61 Å². The summed E-state index contributed by atoms with van der Waals surface area (Å²) < 4.78 is 0. The topological polar surface area (TPSA) is 48.4 Å². The van der Waals surface area contributed by atoms with Gasteiger partial charge in [-0.2, -0.15) is 0 Å². The van der Waals surface area contributed by atoms with E-state index in [0.717, 1.165) is 78.4 Å². The van der Waals surface area contributed by atoms with Crippen molar-refractivity contribution in [1.82, 2.24) is 4.98 Å². The molecule has 1 unspecified atom stereocenters. The number of aromatic nitrogens is 1. The second kappa shape index (κ2) is 18.6. The van der Waals surface area contributed by atoms with Crippen LogP contribution < -0.4 is 0 Å². The average molecular weight is 861 g/mol. The Bertz CT molecular complexity index is 3280. The van der Waals surface area contributed by atoms with E-state index in [-0.39, 0.29) is 18.4 Å². The van der Waals surface area contributed by atoms with Gasteiger partial charge >= 0.3 is 0 Å². The number of aliphatic imine (C=N–C) groups is 1. The van der Waals surface area contributed by atoms with Crippen LogP contribution in [0.25, 0.3) is 61.4 Å². The summed E-state index contributed by atoms with van der Waals surface area (Å²) in [5.74, 6) is -0.0687. The SMILES string of the molecule is OCc1ccccc1/C(=C1\C=CC([C@@H]2C(c3ccccc3)=CC(c3ccccc3)=CC2c2ccccc2)=N1)c1ccc(-c2c(-c3ccccc3)cc(-c3ccccc3)cc2-c2ccccc2)[nH]1. The fraction of sp³-hybridized carbons (Fsp3) is 0.0469. The number of aliphatic hydroxyl groups excluding tert-OH is 1. The molecular weight excluding hydrogens is 813 g/mol. The Morgan fingerprint density at radius 2 is 1.01 bits per heavy atom. The molecule has 67 heavy (non-hydrogen) atoms. The van der Waals surface area contributed by atoms with E-state index >= 15 is 0 Å². The molecule has 1 aromatic heterocycles. The van der Waals surface area contributed by atoms with Crippen molar-refractivity contribution in [3.8, 4) is 44.6 Å². The average Bonchev–Trinajstić information content (AvgIpc) is 4.11. The first-order valence-electron chi connectivity index (χ1n) is 23.0. The summed E-state index contributed by atoms with van der Waals surface area (Å²) in [5, 5.41) is 10.9. The van der Waals surface area contributed by atoms with Crippen LogP contribution in [0.3, 0.4) is 0 Å². The number of hydrogen-bond acceptors (Lipinski definition) is 2. The smallest absolute Gasteiger partial charge is 0.0733 e. The van der Waals surface area contributed by atoms with Gasteiger partial charge in [0.15, 0.2) is 0 Å². The Labute approximate surface area is 392 Å². The van der Waals surface area contributed by atoms with Crippen LogP contribution in [0, 0.1) is 5.92 Å². The maximum absolute atomic E-state index is 10.9. The molecule has 1 aliphatic heterocycles. The van der Waals surface area contributed by atoms with Gasteiger partial charge in [0.1, 0.15) is 0 Å².